The average molecular weight is 334 g/mol. The van der Waals surface area contributed by atoms with E-state index in [0.717, 1.165) is 51.3 Å². The quantitative estimate of drug-likeness (QED) is 0.792. The van der Waals surface area contributed by atoms with Crippen LogP contribution in [0.5, 0.6) is 0 Å². The fourth-order valence-corrected chi connectivity index (χ4v) is 3.76. The Labute approximate surface area is 144 Å². The molecule has 0 spiro atoms. The first-order chi connectivity index (χ1) is 11.6. The van der Waals surface area contributed by atoms with Crippen LogP contribution >= 0.6 is 0 Å². The van der Waals surface area contributed by atoms with Crippen LogP contribution in [0.4, 0.5) is 0 Å². The Bertz CT molecular complexity index is 531. The Morgan fingerprint density at radius 3 is 2.79 bits per heavy atom. The van der Waals surface area contributed by atoms with Crippen LogP contribution in [0.1, 0.15) is 31.2 Å². The molecule has 0 aromatic carbocycles. The van der Waals surface area contributed by atoms with E-state index in [1.165, 1.54) is 6.42 Å². The lowest BCUT2D eigenvalue weighted by atomic mass is 10.0. The molecule has 1 amide bonds. The Kier molecular flexibility index (Phi) is 5.89. The highest BCUT2D eigenvalue weighted by atomic mass is 16.5. The number of rotatable bonds is 6. The molecule has 6 heteroatoms. The van der Waals surface area contributed by atoms with Gasteiger partial charge in [0, 0.05) is 58.5 Å². The third-order valence-corrected chi connectivity index (χ3v) is 5.36. The fraction of sp³-hybridized carbons (Fsp3) is 0.778. The average Bonchev–Trinajstić information content (AvgIpc) is 3.24. The Hall–Kier alpha value is -1.40. The summed E-state index contributed by atoms with van der Waals surface area (Å²) in [5.41, 5.74) is 1.14. The summed E-state index contributed by atoms with van der Waals surface area (Å²) in [6, 6.07) is 0.382. The number of amides is 1. The van der Waals surface area contributed by atoms with Crippen LogP contribution in [0.15, 0.2) is 12.4 Å². The van der Waals surface area contributed by atoms with Crippen molar-refractivity contribution in [2.45, 2.75) is 45.2 Å². The molecule has 0 saturated carbocycles. The highest BCUT2D eigenvalue weighted by Gasteiger charge is 2.27. The van der Waals surface area contributed by atoms with Crippen LogP contribution in [-0.4, -0.2) is 71.4 Å². The molecule has 0 unspecified atom stereocenters. The van der Waals surface area contributed by atoms with Gasteiger partial charge in [0.1, 0.15) is 0 Å². The van der Waals surface area contributed by atoms with E-state index < -0.39 is 0 Å². The van der Waals surface area contributed by atoms with Gasteiger partial charge in [0.05, 0.1) is 12.8 Å². The van der Waals surface area contributed by atoms with Crippen LogP contribution < -0.4 is 0 Å². The highest BCUT2D eigenvalue weighted by Crippen LogP contribution is 2.20. The predicted molar refractivity (Wildman–Crippen MR) is 92.7 cm³/mol. The van der Waals surface area contributed by atoms with Crippen molar-refractivity contribution in [3.8, 4) is 0 Å². The zero-order valence-electron chi connectivity index (χ0n) is 15.0. The number of nitrogens with zero attached hydrogens (tertiary/aromatic N) is 4. The maximum absolute atomic E-state index is 12.4. The Balaban J connectivity index is 1.39. The first kappa shape index (κ1) is 17.4. The topological polar surface area (TPSA) is 50.6 Å². The molecule has 2 fully saturated rings. The third kappa shape index (κ3) is 4.57. The van der Waals surface area contributed by atoms with Gasteiger partial charge in [-0.15, -0.1) is 0 Å². The van der Waals surface area contributed by atoms with Crippen molar-refractivity contribution in [1.82, 2.24) is 19.6 Å². The number of ether oxygens (including phenoxy) is 1. The van der Waals surface area contributed by atoms with Crippen molar-refractivity contribution in [2.75, 3.05) is 39.9 Å². The predicted octanol–water partition coefficient (Wildman–Crippen LogP) is 1.54. The fourth-order valence-electron chi connectivity index (χ4n) is 3.76. The molecule has 1 aromatic heterocycles. The maximum Gasteiger partial charge on any atom is 0.224 e. The molecule has 134 valence electrons. The molecule has 6 nitrogen and oxygen atoms in total. The molecule has 3 heterocycles. The number of hydrogen-bond acceptors (Lipinski definition) is 4. The molecular formula is C18H30N4O2. The molecule has 1 aromatic rings. The maximum atomic E-state index is 12.4. The number of carbonyl (C=O) groups is 1. The van der Waals surface area contributed by atoms with Gasteiger partial charge in [-0.2, -0.15) is 5.10 Å². The van der Waals surface area contributed by atoms with Gasteiger partial charge in [-0.1, -0.05) is 0 Å². The number of likely N-dealkylation sites (tertiary alicyclic amines) is 1. The van der Waals surface area contributed by atoms with Crippen molar-refractivity contribution in [2.24, 2.45) is 5.92 Å². The standard InChI is InChI=1S/C18H30N4O2/c1-15-11-19-22(12-15)9-5-18(23)20(2)17-3-7-21(8-4-17)13-16-6-10-24-14-16/h11-12,16-17H,3-10,13-14H2,1-2H3/t16-/m0/s1. The van der Waals surface area contributed by atoms with Crippen molar-refractivity contribution in [3.05, 3.63) is 18.0 Å². The summed E-state index contributed by atoms with van der Waals surface area (Å²) >= 11 is 0. The van der Waals surface area contributed by atoms with Crippen LogP contribution in [0.25, 0.3) is 0 Å². The molecule has 2 aliphatic heterocycles. The van der Waals surface area contributed by atoms with Crippen molar-refractivity contribution in [1.29, 1.82) is 0 Å². The molecule has 0 radical (unpaired) electrons. The summed E-state index contributed by atoms with van der Waals surface area (Å²) in [6.45, 7) is 7.87. The number of piperidine rings is 1. The molecule has 2 aliphatic rings. The lowest BCUT2D eigenvalue weighted by molar-refractivity contribution is -0.133. The Morgan fingerprint density at radius 1 is 1.38 bits per heavy atom. The second-order valence-corrected chi connectivity index (χ2v) is 7.30. The van der Waals surface area contributed by atoms with Gasteiger partial charge < -0.3 is 14.5 Å². The number of aryl methyl sites for hydroxylation is 2. The molecule has 3 rings (SSSR count). The van der Waals surface area contributed by atoms with E-state index in [-0.39, 0.29) is 5.91 Å². The molecule has 0 aliphatic carbocycles. The zero-order chi connectivity index (χ0) is 16.9. The molecule has 2 saturated heterocycles. The van der Waals surface area contributed by atoms with Crippen molar-refractivity contribution in [3.63, 3.8) is 0 Å². The van der Waals surface area contributed by atoms with Gasteiger partial charge in [-0.25, -0.2) is 0 Å². The largest absolute Gasteiger partial charge is 0.381 e. The minimum Gasteiger partial charge on any atom is -0.381 e. The zero-order valence-corrected chi connectivity index (χ0v) is 15.0. The molecule has 1 atom stereocenters. The summed E-state index contributed by atoms with van der Waals surface area (Å²) in [6.07, 6.45) is 7.70. The van der Waals surface area contributed by atoms with Crippen LogP contribution in [-0.2, 0) is 16.1 Å². The van der Waals surface area contributed by atoms with Crippen molar-refractivity contribution < 1.29 is 9.53 Å². The second kappa shape index (κ2) is 8.12. The highest BCUT2D eigenvalue weighted by molar-refractivity contribution is 5.76. The first-order valence-electron chi connectivity index (χ1n) is 9.16. The van der Waals surface area contributed by atoms with E-state index in [1.54, 1.807) is 0 Å². The molecule has 0 N–H and O–H groups in total. The third-order valence-electron chi connectivity index (χ3n) is 5.36. The van der Waals surface area contributed by atoms with E-state index in [0.29, 0.717) is 24.9 Å². The summed E-state index contributed by atoms with van der Waals surface area (Å²) in [4.78, 5) is 16.9. The van der Waals surface area contributed by atoms with Gasteiger partial charge in [0.15, 0.2) is 0 Å². The summed E-state index contributed by atoms with van der Waals surface area (Å²) in [7, 11) is 1.96. The molecule has 24 heavy (non-hydrogen) atoms. The lowest BCUT2D eigenvalue weighted by Crippen LogP contribution is -2.46. The van der Waals surface area contributed by atoms with E-state index >= 15 is 0 Å². The van der Waals surface area contributed by atoms with Gasteiger partial charge in [0.25, 0.3) is 0 Å². The smallest absolute Gasteiger partial charge is 0.224 e. The van der Waals surface area contributed by atoms with Gasteiger partial charge >= 0.3 is 0 Å². The SMILES string of the molecule is Cc1cnn(CCC(=O)N(C)C2CCN(C[C@@H]3CCOC3)CC2)c1. The summed E-state index contributed by atoms with van der Waals surface area (Å²) in [5, 5.41) is 4.25. The van der Waals surface area contributed by atoms with E-state index in [1.807, 2.05) is 35.9 Å². The van der Waals surface area contributed by atoms with Crippen molar-refractivity contribution >= 4 is 5.91 Å². The van der Waals surface area contributed by atoms with Gasteiger partial charge in [0.2, 0.25) is 5.91 Å². The van der Waals surface area contributed by atoms with Crippen LogP contribution in [0.2, 0.25) is 0 Å². The van der Waals surface area contributed by atoms with E-state index in [4.69, 9.17) is 4.74 Å². The van der Waals surface area contributed by atoms with E-state index in [2.05, 4.69) is 10.00 Å². The Morgan fingerprint density at radius 2 is 2.17 bits per heavy atom. The van der Waals surface area contributed by atoms with Crippen LogP contribution in [0, 0.1) is 12.8 Å². The van der Waals surface area contributed by atoms with Gasteiger partial charge in [-0.05, 0) is 37.7 Å². The molecular weight excluding hydrogens is 304 g/mol. The first-order valence-corrected chi connectivity index (χ1v) is 9.16. The summed E-state index contributed by atoms with van der Waals surface area (Å²) < 4.78 is 7.32. The molecule has 0 bridgehead atoms. The minimum absolute atomic E-state index is 0.228. The lowest BCUT2D eigenvalue weighted by Gasteiger charge is -2.37. The van der Waals surface area contributed by atoms with Gasteiger partial charge in [-0.3, -0.25) is 9.48 Å². The second-order valence-electron chi connectivity index (χ2n) is 7.30. The van der Waals surface area contributed by atoms with Crippen LogP contribution in [0.3, 0.4) is 0 Å². The van der Waals surface area contributed by atoms with E-state index in [9.17, 15) is 4.79 Å². The normalized spacial score (nSPS) is 22.8. The summed E-state index contributed by atoms with van der Waals surface area (Å²) in [5.74, 6) is 0.934. The number of carbonyl (C=O) groups excluding carboxylic acids is 1. The monoisotopic (exact) mass is 334 g/mol. The number of aromatic nitrogens is 2. The minimum atomic E-state index is 0.228. The number of hydrogen-bond donors (Lipinski definition) is 0.